The number of thiazole rings is 1. The second kappa shape index (κ2) is 8.64. The van der Waals surface area contributed by atoms with Crippen LogP contribution in [0.25, 0.3) is 21.2 Å². The van der Waals surface area contributed by atoms with Crippen molar-refractivity contribution in [3.8, 4) is 10.4 Å². The van der Waals surface area contributed by atoms with Crippen LogP contribution in [0.2, 0.25) is 0 Å². The average Bonchev–Trinajstić information content (AvgIpc) is 3.21. The van der Waals surface area contributed by atoms with Crippen LogP contribution >= 0.6 is 11.3 Å². The Balaban J connectivity index is 1.40. The fourth-order valence-electron chi connectivity index (χ4n) is 3.29. The van der Waals surface area contributed by atoms with Crippen molar-refractivity contribution in [1.82, 2.24) is 9.97 Å². The lowest BCUT2D eigenvalue weighted by Gasteiger charge is -2.21. The molecule has 0 aliphatic heterocycles. The monoisotopic (exact) mass is 442 g/mol. The van der Waals surface area contributed by atoms with Crippen molar-refractivity contribution < 1.29 is 13.2 Å². The molecule has 0 radical (unpaired) electrons. The number of rotatable bonds is 6. The number of anilines is 1. The third-order valence-corrected chi connectivity index (χ3v) is 6.15. The zero-order valence-corrected chi connectivity index (χ0v) is 17.5. The molecule has 0 fully saturated rings. The number of aromatic nitrogens is 2. The fourth-order valence-corrected chi connectivity index (χ4v) is 4.20. The molecule has 2 aromatic carbocycles. The molecular weight excluding hydrogens is 421 g/mol. The molecule has 0 aliphatic rings. The van der Waals surface area contributed by atoms with Gasteiger partial charge in [0.15, 0.2) is 5.13 Å². The maximum Gasteiger partial charge on any atom is 0.416 e. The van der Waals surface area contributed by atoms with Gasteiger partial charge in [0.1, 0.15) is 0 Å². The number of benzene rings is 2. The van der Waals surface area contributed by atoms with Crippen molar-refractivity contribution in [1.29, 1.82) is 0 Å². The summed E-state index contributed by atoms with van der Waals surface area (Å²) in [4.78, 5) is 9.62. The van der Waals surface area contributed by atoms with Crippen LogP contribution in [0, 0.1) is 0 Å². The highest BCUT2D eigenvalue weighted by Crippen LogP contribution is 2.32. The molecule has 160 valence electrons. The van der Waals surface area contributed by atoms with E-state index in [1.807, 2.05) is 37.5 Å². The molecule has 4 nitrogen and oxygen atoms in total. The minimum absolute atomic E-state index is 0.107. The van der Waals surface area contributed by atoms with Crippen LogP contribution in [0.5, 0.6) is 0 Å². The quantitative estimate of drug-likeness (QED) is 0.399. The van der Waals surface area contributed by atoms with E-state index in [1.54, 1.807) is 6.20 Å². The first-order chi connectivity index (χ1) is 14.8. The molecule has 8 heteroatoms. The van der Waals surface area contributed by atoms with Crippen LogP contribution in [0.3, 0.4) is 0 Å². The van der Waals surface area contributed by atoms with E-state index in [1.165, 1.54) is 23.5 Å². The Morgan fingerprint density at radius 2 is 1.81 bits per heavy atom. The lowest BCUT2D eigenvalue weighted by molar-refractivity contribution is -0.137. The number of hydrogen-bond acceptors (Lipinski definition) is 5. The van der Waals surface area contributed by atoms with Gasteiger partial charge in [-0.1, -0.05) is 35.6 Å². The van der Waals surface area contributed by atoms with Crippen molar-refractivity contribution in [2.24, 2.45) is 5.73 Å². The summed E-state index contributed by atoms with van der Waals surface area (Å²) in [7, 11) is 0. The summed E-state index contributed by atoms with van der Waals surface area (Å²) < 4.78 is 38.1. The lowest BCUT2D eigenvalue weighted by Crippen LogP contribution is -2.39. The minimum Gasteiger partial charge on any atom is -0.357 e. The molecule has 0 saturated heterocycles. The third kappa shape index (κ3) is 5.03. The topological polar surface area (TPSA) is 63.8 Å². The summed E-state index contributed by atoms with van der Waals surface area (Å²) in [6.07, 6.45) is 1.55. The second-order valence-corrected chi connectivity index (χ2v) is 8.49. The summed E-state index contributed by atoms with van der Waals surface area (Å²) >= 11 is 1.53. The van der Waals surface area contributed by atoms with Crippen molar-refractivity contribution in [3.63, 3.8) is 0 Å². The molecule has 2 atom stereocenters. The zero-order valence-electron chi connectivity index (χ0n) is 16.7. The fraction of sp³-hybridized carbons (Fsp3) is 0.217. The highest BCUT2D eigenvalue weighted by molar-refractivity contribution is 7.18. The Bertz CT molecular complexity index is 1170. The third-order valence-electron chi connectivity index (χ3n) is 5.18. The molecule has 0 amide bonds. The first kappa shape index (κ1) is 21.3. The van der Waals surface area contributed by atoms with Crippen LogP contribution in [0.1, 0.15) is 18.1 Å². The van der Waals surface area contributed by atoms with Crippen molar-refractivity contribution >= 4 is 27.2 Å². The summed E-state index contributed by atoms with van der Waals surface area (Å²) in [5.41, 5.74) is 7.47. The molecule has 2 aromatic heterocycles. The van der Waals surface area contributed by atoms with E-state index < -0.39 is 11.7 Å². The lowest BCUT2D eigenvalue weighted by atomic mass is 10.0. The highest BCUT2D eigenvalue weighted by atomic mass is 32.1. The van der Waals surface area contributed by atoms with Crippen molar-refractivity contribution in [3.05, 3.63) is 78.2 Å². The number of halogens is 3. The van der Waals surface area contributed by atoms with E-state index in [4.69, 9.17) is 5.73 Å². The smallest absolute Gasteiger partial charge is 0.357 e. The maximum absolute atomic E-state index is 12.7. The van der Waals surface area contributed by atoms with Gasteiger partial charge in [-0.3, -0.25) is 4.98 Å². The largest absolute Gasteiger partial charge is 0.416 e. The number of nitrogens with one attached hydrogen (secondary N) is 1. The molecule has 0 unspecified atom stereocenters. The van der Waals surface area contributed by atoms with E-state index in [0.717, 1.165) is 44.0 Å². The Morgan fingerprint density at radius 1 is 1.03 bits per heavy atom. The van der Waals surface area contributed by atoms with Crippen LogP contribution in [-0.2, 0) is 12.6 Å². The number of nitrogens with two attached hydrogens (primary N) is 1. The van der Waals surface area contributed by atoms with Gasteiger partial charge in [0.25, 0.3) is 0 Å². The Morgan fingerprint density at radius 3 is 2.55 bits per heavy atom. The van der Waals surface area contributed by atoms with Gasteiger partial charge in [0, 0.05) is 36.1 Å². The van der Waals surface area contributed by atoms with E-state index in [9.17, 15) is 13.2 Å². The maximum atomic E-state index is 12.7. The predicted molar refractivity (Wildman–Crippen MR) is 119 cm³/mol. The van der Waals surface area contributed by atoms with E-state index in [2.05, 4.69) is 21.4 Å². The SMILES string of the molecule is C[C@@H](Nc1ncc(-c2ccc3cnccc3c2)s1)[C@@H](N)Cc1ccc(C(F)(F)F)cc1. The molecule has 3 N–H and O–H groups in total. The van der Waals surface area contributed by atoms with Gasteiger partial charge in [-0.2, -0.15) is 13.2 Å². The average molecular weight is 443 g/mol. The zero-order chi connectivity index (χ0) is 22.0. The Kier molecular flexibility index (Phi) is 5.93. The normalized spacial score (nSPS) is 13.8. The van der Waals surface area contributed by atoms with Crippen molar-refractivity contribution in [2.45, 2.75) is 31.6 Å². The van der Waals surface area contributed by atoms with E-state index >= 15 is 0 Å². The molecule has 4 aromatic rings. The molecule has 0 saturated carbocycles. The second-order valence-electron chi connectivity index (χ2n) is 7.46. The van der Waals surface area contributed by atoms with Gasteiger partial charge in [0.2, 0.25) is 0 Å². The van der Waals surface area contributed by atoms with Gasteiger partial charge >= 0.3 is 6.18 Å². The van der Waals surface area contributed by atoms with E-state index in [-0.39, 0.29) is 12.1 Å². The number of hydrogen-bond donors (Lipinski definition) is 2. The molecule has 0 aliphatic carbocycles. The molecular formula is C23H21F3N4S. The molecule has 0 bridgehead atoms. The predicted octanol–water partition coefficient (Wildman–Crippen LogP) is 5.75. The summed E-state index contributed by atoms with van der Waals surface area (Å²) in [6.45, 7) is 1.94. The standard InChI is InChI=1S/C23H21F3N4S/c1-14(20(27)10-15-2-6-19(7-3-15)23(24,25)26)30-22-29-13-21(31-22)17-4-5-18-12-28-9-8-16(18)11-17/h2-9,11-14,20H,10,27H2,1H3,(H,29,30)/t14-,20+/m1/s1. The number of pyridine rings is 1. The van der Waals surface area contributed by atoms with Crippen molar-refractivity contribution in [2.75, 3.05) is 5.32 Å². The van der Waals surface area contributed by atoms with Gasteiger partial charge in [0.05, 0.1) is 10.4 Å². The van der Waals surface area contributed by atoms with Crippen LogP contribution < -0.4 is 11.1 Å². The van der Waals surface area contributed by atoms with E-state index in [0.29, 0.717) is 6.42 Å². The van der Waals surface area contributed by atoms with Crippen LogP contribution in [0.15, 0.2) is 67.1 Å². The van der Waals surface area contributed by atoms with Gasteiger partial charge in [-0.15, -0.1) is 0 Å². The molecule has 31 heavy (non-hydrogen) atoms. The van der Waals surface area contributed by atoms with Crippen LogP contribution in [-0.4, -0.2) is 22.1 Å². The summed E-state index contributed by atoms with van der Waals surface area (Å²) in [5.74, 6) is 0. The van der Waals surface area contributed by atoms with Gasteiger partial charge in [-0.05, 0) is 54.1 Å². The van der Waals surface area contributed by atoms with Gasteiger partial charge in [-0.25, -0.2) is 4.98 Å². The van der Waals surface area contributed by atoms with Gasteiger partial charge < -0.3 is 11.1 Å². The number of nitrogens with zero attached hydrogens (tertiary/aromatic N) is 2. The number of alkyl halides is 3. The molecule has 4 rings (SSSR count). The summed E-state index contributed by atoms with van der Waals surface area (Å²) in [6, 6.07) is 12.9. The Labute approximate surface area is 182 Å². The van der Waals surface area contributed by atoms with Crippen LogP contribution in [0.4, 0.5) is 18.3 Å². The highest BCUT2D eigenvalue weighted by Gasteiger charge is 2.30. The Hall–Kier alpha value is -2.97. The molecule has 0 spiro atoms. The molecule has 2 heterocycles. The summed E-state index contributed by atoms with van der Waals surface area (Å²) in [5, 5.41) is 6.26. The number of fused-ring (bicyclic) bond motifs is 1. The first-order valence-electron chi connectivity index (χ1n) is 9.78. The minimum atomic E-state index is -4.33. The first-order valence-corrected chi connectivity index (χ1v) is 10.6.